The van der Waals surface area contributed by atoms with Crippen LogP contribution in [0.5, 0.6) is 0 Å². The number of alkyl halides is 1. The van der Waals surface area contributed by atoms with Crippen LogP contribution in [-0.4, -0.2) is 15.1 Å². The highest BCUT2D eigenvalue weighted by molar-refractivity contribution is 9.09. The molecule has 3 heteroatoms. The van der Waals surface area contributed by atoms with Crippen LogP contribution in [0.4, 0.5) is 0 Å². The third-order valence-corrected chi connectivity index (χ3v) is 2.17. The topological polar surface area (TPSA) is 17.8 Å². The average molecular weight is 217 g/mol. The molecule has 1 heterocycles. The first kappa shape index (κ1) is 8.78. The summed E-state index contributed by atoms with van der Waals surface area (Å²) < 4.78 is 2.05. The molecule has 1 rings (SSSR count). The SMILES string of the molecule is Cc1cc(C)n(CCCBr)n1. The maximum absolute atomic E-state index is 4.34. The van der Waals surface area contributed by atoms with E-state index in [1.165, 1.54) is 5.69 Å². The lowest BCUT2D eigenvalue weighted by atomic mass is 10.4. The first-order valence-corrected chi connectivity index (χ1v) is 4.93. The van der Waals surface area contributed by atoms with Crippen LogP contribution in [0.3, 0.4) is 0 Å². The number of hydrogen-bond acceptors (Lipinski definition) is 1. The van der Waals surface area contributed by atoms with Crippen molar-refractivity contribution in [2.45, 2.75) is 26.8 Å². The van der Waals surface area contributed by atoms with E-state index >= 15 is 0 Å². The van der Waals surface area contributed by atoms with Crippen LogP contribution in [0, 0.1) is 13.8 Å². The second kappa shape index (κ2) is 3.90. The van der Waals surface area contributed by atoms with E-state index in [-0.39, 0.29) is 0 Å². The highest BCUT2D eigenvalue weighted by Crippen LogP contribution is 2.02. The van der Waals surface area contributed by atoms with E-state index in [1.54, 1.807) is 0 Å². The molecule has 0 aliphatic carbocycles. The molecule has 0 N–H and O–H groups in total. The van der Waals surface area contributed by atoms with E-state index < -0.39 is 0 Å². The van der Waals surface area contributed by atoms with E-state index in [9.17, 15) is 0 Å². The molecule has 0 bridgehead atoms. The molecule has 62 valence electrons. The summed E-state index contributed by atoms with van der Waals surface area (Å²) in [6.07, 6.45) is 1.14. The zero-order valence-corrected chi connectivity index (χ0v) is 8.56. The molecule has 0 amide bonds. The number of hydrogen-bond donors (Lipinski definition) is 0. The van der Waals surface area contributed by atoms with Gasteiger partial charge >= 0.3 is 0 Å². The van der Waals surface area contributed by atoms with Gasteiger partial charge in [0.25, 0.3) is 0 Å². The van der Waals surface area contributed by atoms with Crippen molar-refractivity contribution < 1.29 is 0 Å². The van der Waals surface area contributed by atoms with Gasteiger partial charge in [-0.15, -0.1) is 0 Å². The van der Waals surface area contributed by atoms with Gasteiger partial charge in [-0.2, -0.15) is 5.10 Å². The van der Waals surface area contributed by atoms with Gasteiger partial charge in [-0.3, -0.25) is 4.68 Å². The van der Waals surface area contributed by atoms with E-state index in [0.29, 0.717) is 0 Å². The van der Waals surface area contributed by atoms with E-state index in [1.807, 2.05) is 6.92 Å². The molecule has 1 aromatic heterocycles. The van der Waals surface area contributed by atoms with Crippen LogP contribution < -0.4 is 0 Å². The van der Waals surface area contributed by atoms with Gasteiger partial charge in [0.15, 0.2) is 0 Å². The fourth-order valence-corrected chi connectivity index (χ4v) is 1.36. The van der Waals surface area contributed by atoms with Gasteiger partial charge < -0.3 is 0 Å². The lowest BCUT2D eigenvalue weighted by molar-refractivity contribution is 0.587. The van der Waals surface area contributed by atoms with Crippen LogP contribution in [-0.2, 0) is 6.54 Å². The van der Waals surface area contributed by atoms with Crippen LogP contribution in [0.1, 0.15) is 17.8 Å². The number of aromatic nitrogens is 2. The maximum Gasteiger partial charge on any atom is 0.0596 e. The Balaban J connectivity index is 2.62. The van der Waals surface area contributed by atoms with Gasteiger partial charge in [0, 0.05) is 17.6 Å². The van der Waals surface area contributed by atoms with Gasteiger partial charge in [-0.25, -0.2) is 0 Å². The fraction of sp³-hybridized carbons (Fsp3) is 0.625. The standard InChI is InChI=1S/C8H13BrN2/c1-7-6-8(2)11(10-7)5-3-4-9/h6H,3-5H2,1-2H3. The summed E-state index contributed by atoms with van der Waals surface area (Å²) in [4.78, 5) is 0. The normalized spacial score (nSPS) is 10.5. The first-order chi connectivity index (χ1) is 5.24. The Bertz CT molecular complexity index is 230. The van der Waals surface area contributed by atoms with E-state index in [2.05, 4.69) is 38.7 Å². The zero-order chi connectivity index (χ0) is 8.27. The van der Waals surface area contributed by atoms with Gasteiger partial charge in [-0.1, -0.05) is 15.9 Å². The largest absolute Gasteiger partial charge is 0.270 e. The van der Waals surface area contributed by atoms with Crippen molar-refractivity contribution in [3.63, 3.8) is 0 Å². The molecule has 0 aliphatic rings. The van der Waals surface area contributed by atoms with Crippen molar-refractivity contribution in [3.05, 3.63) is 17.5 Å². The highest BCUT2D eigenvalue weighted by atomic mass is 79.9. The lowest BCUT2D eigenvalue weighted by Gasteiger charge is -2.00. The summed E-state index contributed by atoms with van der Waals surface area (Å²) in [5.41, 5.74) is 2.36. The van der Waals surface area contributed by atoms with Crippen LogP contribution in [0.2, 0.25) is 0 Å². The summed E-state index contributed by atoms with van der Waals surface area (Å²) in [7, 11) is 0. The van der Waals surface area contributed by atoms with Crippen molar-refractivity contribution in [2.75, 3.05) is 5.33 Å². The fourth-order valence-electron chi connectivity index (χ4n) is 1.11. The Morgan fingerprint density at radius 2 is 2.27 bits per heavy atom. The monoisotopic (exact) mass is 216 g/mol. The third kappa shape index (κ3) is 2.33. The van der Waals surface area contributed by atoms with Crippen molar-refractivity contribution in [3.8, 4) is 0 Å². The minimum atomic E-state index is 1.02. The molecule has 1 aromatic rings. The second-order valence-corrected chi connectivity index (χ2v) is 3.49. The van der Waals surface area contributed by atoms with Gasteiger partial charge in [0.1, 0.15) is 0 Å². The lowest BCUT2D eigenvalue weighted by Crippen LogP contribution is -2.02. The van der Waals surface area contributed by atoms with Crippen molar-refractivity contribution in [2.24, 2.45) is 0 Å². The molecule has 0 unspecified atom stereocenters. The van der Waals surface area contributed by atoms with Crippen molar-refractivity contribution in [1.82, 2.24) is 9.78 Å². The third-order valence-electron chi connectivity index (χ3n) is 1.61. The summed E-state index contributed by atoms with van der Waals surface area (Å²) in [6.45, 7) is 5.14. The highest BCUT2D eigenvalue weighted by Gasteiger charge is 1.98. The molecule has 0 saturated carbocycles. The molecule has 2 nitrogen and oxygen atoms in total. The predicted molar refractivity (Wildman–Crippen MR) is 50.1 cm³/mol. The van der Waals surface area contributed by atoms with Gasteiger partial charge in [0.05, 0.1) is 5.69 Å². The van der Waals surface area contributed by atoms with Crippen molar-refractivity contribution in [1.29, 1.82) is 0 Å². The quantitative estimate of drug-likeness (QED) is 0.710. The van der Waals surface area contributed by atoms with Gasteiger partial charge in [0.2, 0.25) is 0 Å². The predicted octanol–water partition coefficient (Wildman–Crippen LogP) is 2.28. The van der Waals surface area contributed by atoms with Crippen LogP contribution in [0.15, 0.2) is 6.07 Å². The molecule has 0 aromatic carbocycles. The van der Waals surface area contributed by atoms with Gasteiger partial charge in [-0.05, 0) is 26.3 Å². The smallest absolute Gasteiger partial charge is 0.0596 e. The molecule has 0 spiro atoms. The first-order valence-electron chi connectivity index (χ1n) is 3.81. The minimum Gasteiger partial charge on any atom is -0.270 e. The summed E-state index contributed by atoms with van der Waals surface area (Å²) in [5.74, 6) is 0. The molecule has 0 saturated heterocycles. The molecular weight excluding hydrogens is 204 g/mol. The molecule has 0 radical (unpaired) electrons. The Hall–Kier alpha value is -0.310. The number of halogens is 1. The van der Waals surface area contributed by atoms with E-state index in [4.69, 9.17) is 0 Å². The molecular formula is C8H13BrN2. The minimum absolute atomic E-state index is 1.02. The Morgan fingerprint density at radius 1 is 1.55 bits per heavy atom. The summed E-state index contributed by atoms with van der Waals surface area (Å²) >= 11 is 3.40. The average Bonchev–Trinajstić information content (AvgIpc) is 2.26. The maximum atomic E-state index is 4.34. The molecule has 0 aliphatic heterocycles. The molecule has 0 fully saturated rings. The number of aryl methyl sites for hydroxylation is 3. The Morgan fingerprint density at radius 3 is 2.73 bits per heavy atom. The van der Waals surface area contributed by atoms with Crippen molar-refractivity contribution >= 4 is 15.9 Å². The number of nitrogens with zero attached hydrogens (tertiary/aromatic N) is 2. The molecule has 11 heavy (non-hydrogen) atoms. The van der Waals surface area contributed by atoms with Crippen LogP contribution >= 0.6 is 15.9 Å². The second-order valence-electron chi connectivity index (χ2n) is 2.69. The van der Waals surface area contributed by atoms with E-state index in [0.717, 1.165) is 24.0 Å². The van der Waals surface area contributed by atoms with Crippen LogP contribution in [0.25, 0.3) is 0 Å². The number of rotatable bonds is 3. The Labute approximate surface area is 75.7 Å². The summed E-state index contributed by atoms with van der Waals surface area (Å²) in [6, 6.07) is 2.11. The summed E-state index contributed by atoms with van der Waals surface area (Å²) in [5, 5.41) is 5.39. The Kier molecular flexibility index (Phi) is 3.12. The zero-order valence-electron chi connectivity index (χ0n) is 6.97. The molecule has 0 atom stereocenters.